The number of hydrogen-bond acceptors (Lipinski definition) is 5. The Morgan fingerprint density at radius 2 is 2.28 bits per heavy atom. The molecule has 96 valence electrons. The molecule has 1 aliphatic carbocycles. The molecule has 0 radical (unpaired) electrons. The standard InChI is InChI=1S/C13H17N3OS/c1-3-14-10-9-5-8-18-11(9)16-12(15-10)13(17-2)6-4-7-13/h5,8H,3-4,6-7H2,1-2H3,(H,14,15,16). The molecule has 1 saturated carbocycles. The lowest BCUT2D eigenvalue weighted by molar-refractivity contribution is -0.0843. The predicted octanol–water partition coefficient (Wildman–Crippen LogP) is 3.15. The van der Waals surface area contributed by atoms with E-state index in [9.17, 15) is 0 Å². The molecule has 1 fully saturated rings. The van der Waals surface area contributed by atoms with Gasteiger partial charge in [0.25, 0.3) is 0 Å². The summed E-state index contributed by atoms with van der Waals surface area (Å²) in [5.41, 5.74) is -0.248. The average molecular weight is 263 g/mol. The molecule has 1 aliphatic rings. The monoisotopic (exact) mass is 263 g/mol. The maximum Gasteiger partial charge on any atom is 0.164 e. The molecular formula is C13H17N3OS. The number of anilines is 1. The summed E-state index contributed by atoms with van der Waals surface area (Å²) in [6, 6.07) is 2.07. The van der Waals surface area contributed by atoms with E-state index in [2.05, 4.69) is 33.7 Å². The second kappa shape index (κ2) is 4.48. The van der Waals surface area contributed by atoms with Gasteiger partial charge in [-0.05, 0) is 37.6 Å². The van der Waals surface area contributed by atoms with Gasteiger partial charge in [-0.25, -0.2) is 9.97 Å². The van der Waals surface area contributed by atoms with Crippen LogP contribution >= 0.6 is 11.3 Å². The van der Waals surface area contributed by atoms with Crippen molar-refractivity contribution < 1.29 is 4.74 Å². The van der Waals surface area contributed by atoms with Crippen LogP contribution in [0, 0.1) is 0 Å². The maximum atomic E-state index is 5.67. The Bertz CT molecular complexity index is 557. The molecular weight excluding hydrogens is 246 g/mol. The first-order valence-corrected chi connectivity index (χ1v) is 7.22. The van der Waals surface area contributed by atoms with Crippen molar-refractivity contribution in [3.63, 3.8) is 0 Å². The highest BCUT2D eigenvalue weighted by Gasteiger charge is 2.42. The predicted molar refractivity (Wildman–Crippen MR) is 74.1 cm³/mol. The molecule has 0 saturated heterocycles. The second-order valence-corrected chi connectivity index (χ2v) is 5.51. The molecule has 0 spiro atoms. The minimum Gasteiger partial charge on any atom is -0.370 e. The number of ether oxygens (including phenoxy) is 1. The van der Waals surface area contributed by atoms with Crippen molar-refractivity contribution in [3.05, 3.63) is 17.3 Å². The van der Waals surface area contributed by atoms with E-state index in [4.69, 9.17) is 4.74 Å². The first-order valence-electron chi connectivity index (χ1n) is 6.34. The topological polar surface area (TPSA) is 47.0 Å². The van der Waals surface area contributed by atoms with Gasteiger partial charge in [-0.3, -0.25) is 0 Å². The fourth-order valence-corrected chi connectivity index (χ4v) is 3.14. The van der Waals surface area contributed by atoms with Crippen LogP contribution in [-0.2, 0) is 10.3 Å². The highest BCUT2D eigenvalue weighted by molar-refractivity contribution is 7.16. The summed E-state index contributed by atoms with van der Waals surface area (Å²) in [4.78, 5) is 10.4. The van der Waals surface area contributed by atoms with Crippen LogP contribution in [-0.4, -0.2) is 23.6 Å². The number of rotatable bonds is 4. The van der Waals surface area contributed by atoms with Gasteiger partial charge in [-0.1, -0.05) is 0 Å². The Morgan fingerprint density at radius 3 is 2.89 bits per heavy atom. The Balaban J connectivity index is 2.12. The Morgan fingerprint density at radius 1 is 1.44 bits per heavy atom. The molecule has 3 rings (SSSR count). The van der Waals surface area contributed by atoms with E-state index in [-0.39, 0.29) is 5.60 Å². The van der Waals surface area contributed by atoms with Crippen molar-refractivity contribution in [2.75, 3.05) is 19.0 Å². The van der Waals surface area contributed by atoms with Crippen molar-refractivity contribution in [2.45, 2.75) is 31.8 Å². The highest BCUT2D eigenvalue weighted by atomic mass is 32.1. The van der Waals surface area contributed by atoms with E-state index in [0.29, 0.717) is 0 Å². The highest BCUT2D eigenvalue weighted by Crippen LogP contribution is 2.43. The van der Waals surface area contributed by atoms with Gasteiger partial charge in [0.05, 0.1) is 5.39 Å². The van der Waals surface area contributed by atoms with Gasteiger partial charge in [0.15, 0.2) is 5.82 Å². The smallest absolute Gasteiger partial charge is 0.164 e. The number of thiophene rings is 1. The van der Waals surface area contributed by atoms with E-state index < -0.39 is 0 Å². The van der Waals surface area contributed by atoms with Gasteiger partial charge < -0.3 is 10.1 Å². The lowest BCUT2D eigenvalue weighted by Crippen LogP contribution is -2.38. The van der Waals surface area contributed by atoms with Crippen molar-refractivity contribution in [3.8, 4) is 0 Å². The number of aromatic nitrogens is 2. The van der Waals surface area contributed by atoms with Crippen LogP contribution in [0.4, 0.5) is 5.82 Å². The van der Waals surface area contributed by atoms with Crippen LogP contribution in [0.1, 0.15) is 32.0 Å². The van der Waals surface area contributed by atoms with Crippen LogP contribution in [0.15, 0.2) is 11.4 Å². The average Bonchev–Trinajstić information content (AvgIpc) is 2.77. The third kappa shape index (κ3) is 1.69. The summed E-state index contributed by atoms with van der Waals surface area (Å²) in [7, 11) is 1.76. The Labute approximate surface area is 110 Å². The van der Waals surface area contributed by atoms with Gasteiger partial charge in [-0.15, -0.1) is 11.3 Å². The third-order valence-electron chi connectivity index (χ3n) is 3.63. The van der Waals surface area contributed by atoms with Crippen LogP contribution < -0.4 is 5.32 Å². The third-order valence-corrected chi connectivity index (χ3v) is 4.44. The normalized spacial score (nSPS) is 17.7. The molecule has 2 aromatic rings. The van der Waals surface area contributed by atoms with Crippen LogP contribution in [0.5, 0.6) is 0 Å². The molecule has 2 aromatic heterocycles. The summed E-state index contributed by atoms with van der Waals surface area (Å²) < 4.78 is 5.67. The Kier molecular flexibility index (Phi) is 2.95. The fraction of sp³-hybridized carbons (Fsp3) is 0.538. The number of fused-ring (bicyclic) bond motifs is 1. The molecule has 4 nitrogen and oxygen atoms in total. The Hall–Kier alpha value is -1.20. The van der Waals surface area contributed by atoms with Gasteiger partial charge in [0.1, 0.15) is 16.2 Å². The first-order chi connectivity index (χ1) is 8.79. The van der Waals surface area contributed by atoms with Crippen molar-refractivity contribution in [2.24, 2.45) is 0 Å². The molecule has 0 aliphatic heterocycles. The number of hydrogen-bond donors (Lipinski definition) is 1. The number of nitrogens with zero attached hydrogens (tertiary/aromatic N) is 2. The molecule has 0 amide bonds. The van der Waals surface area contributed by atoms with Crippen LogP contribution in [0.3, 0.4) is 0 Å². The SMILES string of the molecule is CCNc1nc(C2(OC)CCC2)nc2sccc12. The van der Waals surface area contributed by atoms with Gasteiger partial charge in [0, 0.05) is 13.7 Å². The molecule has 0 bridgehead atoms. The number of methoxy groups -OCH3 is 1. The van der Waals surface area contributed by atoms with E-state index in [0.717, 1.165) is 41.2 Å². The summed E-state index contributed by atoms with van der Waals surface area (Å²) >= 11 is 1.66. The van der Waals surface area contributed by atoms with Crippen molar-refractivity contribution >= 4 is 27.4 Å². The molecule has 2 heterocycles. The van der Waals surface area contributed by atoms with Gasteiger partial charge in [0.2, 0.25) is 0 Å². The quantitative estimate of drug-likeness (QED) is 0.920. The largest absolute Gasteiger partial charge is 0.370 e. The summed E-state index contributed by atoms with van der Waals surface area (Å²) in [6.45, 7) is 2.94. The van der Waals surface area contributed by atoms with Crippen molar-refractivity contribution in [1.29, 1.82) is 0 Å². The van der Waals surface area contributed by atoms with Crippen LogP contribution in [0.25, 0.3) is 10.2 Å². The minimum atomic E-state index is -0.248. The molecule has 18 heavy (non-hydrogen) atoms. The lowest BCUT2D eigenvalue weighted by atomic mass is 9.79. The zero-order chi connectivity index (χ0) is 12.6. The molecule has 1 N–H and O–H groups in total. The second-order valence-electron chi connectivity index (χ2n) is 4.62. The zero-order valence-corrected chi connectivity index (χ0v) is 11.5. The van der Waals surface area contributed by atoms with E-state index >= 15 is 0 Å². The van der Waals surface area contributed by atoms with Crippen molar-refractivity contribution in [1.82, 2.24) is 9.97 Å². The molecule has 5 heteroatoms. The van der Waals surface area contributed by atoms with E-state index in [1.165, 1.54) is 6.42 Å². The maximum absolute atomic E-state index is 5.67. The van der Waals surface area contributed by atoms with E-state index in [1.807, 2.05) is 0 Å². The lowest BCUT2D eigenvalue weighted by Gasteiger charge is -2.38. The van der Waals surface area contributed by atoms with E-state index in [1.54, 1.807) is 18.4 Å². The van der Waals surface area contributed by atoms with Gasteiger partial charge in [-0.2, -0.15) is 0 Å². The molecule has 0 unspecified atom stereocenters. The summed E-state index contributed by atoms with van der Waals surface area (Å²) in [6.07, 6.45) is 3.23. The summed E-state index contributed by atoms with van der Waals surface area (Å²) in [5, 5.41) is 6.49. The van der Waals surface area contributed by atoms with Crippen LogP contribution in [0.2, 0.25) is 0 Å². The minimum absolute atomic E-state index is 0.248. The zero-order valence-electron chi connectivity index (χ0n) is 10.7. The first kappa shape index (κ1) is 11.9. The summed E-state index contributed by atoms with van der Waals surface area (Å²) in [5.74, 6) is 1.77. The number of nitrogens with one attached hydrogen (secondary N) is 1. The molecule has 0 aromatic carbocycles. The fourth-order valence-electron chi connectivity index (χ4n) is 2.38. The van der Waals surface area contributed by atoms with Gasteiger partial charge >= 0.3 is 0 Å². The molecule has 0 atom stereocenters.